The summed E-state index contributed by atoms with van der Waals surface area (Å²) in [6.45, 7) is 8.23. The van der Waals surface area contributed by atoms with Crippen molar-refractivity contribution in [3.8, 4) is 0 Å². The molecule has 6 heteroatoms. The van der Waals surface area contributed by atoms with Gasteiger partial charge in [0.15, 0.2) is 10.9 Å². The van der Waals surface area contributed by atoms with E-state index in [1.165, 1.54) is 5.56 Å². The molecule has 0 aromatic heterocycles. The summed E-state index contributed by atoms with van der Waals surface area (Å²) in [4.78, 5) is 24.2. The Morgan fingerprint density at radius 3 is 2.21 bits per heavy atom. The van der Waals surface area contributed by atoms with E-state index < -0.39 is 0 Å². The lowest BCUT2D eigenvalue weighted by molar-refractivity contribution is -0.121. The minimum Gasteiger partial charge on any atom is -0.331 e. The number of hydrogen-bond acceptors (Lipinski definition) is 3. The molecule has 0 saturated heterocycles. The van der Waals surface area contributed by atoms with Crippen molar-refractivity contribution < 1.29 is 9.59 Å². The van der Waals surface area contributed by atoms with Crippen LogP contribution in [-0.4, -0.2) is 16.8 Å². The zero-order valence-electron chi connectivity index (χ0n) is 16.8. The molecule has 0 fully saturated rings. The van der Waals surface area contributed by atoms with Gasteiger partial charge in [0.2, 0.25) is 5.91 Å². The number of aryl methyl sites for hydroxylation is 2. The molecule has 148 valence electrons. The van der Waals surface area contributed by atoms with Gasteiger partial charge in [-0.1, -0.05) is 38.1 Å². The number of Topliss-reactive ketones (excluding diaryl/α,β-unsaturated/α-hetero) is 1. The predicted molar refractivity (Wildman–Crippen MR) is 118 cm³/mol. The Hall–Kier alpha value is -2.73. The Bertz CT molecular complexity index is 861. The molecule has 1 amide bonds. The van der Waals surface area contributed by atoms with Crippen LogP contribution in [-0.2, 0) is 4.79 Å². The molecule has 2 aromatic carbocycles. The van der Waals surface area contributed by atoms with Crippen LogP contribution in [0.15, 0.2) is 42.5 Å². The van der Waals surface area contributed by atoms with Crippen LogP contribution in [0.25, 0.3) is 0 Å². The Balaban J connectivity index is 1.74. The van der Waals surface area contributed by atoms with Crippen LogP contribution in [0, 0.1) is 13.8 Å². The van der Waals surface area contributed by atoms with Gasteiger partial charge in [0.1, 0.15) is 0 Å². The van der Waals surface area contributed by atoms with E-state index in [0.29, 0.717) is 11.5 Å². The second-order valence-corrected chi connectivity index (χ2v) is 7.53. The summed E-state index contributed by atoms with van der Waals surface area (Å²) in [7, 11) is 0. The van der Waals surface area contributed by atoms with Crippen LogP contribution in [0.1, 0.15) is 59.7 Å². The molecule has 0 aliphatic rings. The summed E-state index contributed by atoms with van der Waals surface area (Å²) in [6, 6.07) is 13.5. The lowest BCUT2D eigenvalue weighted by Gasteiger charge is -2.12. The molecule has 0 bridgehead atoms. The van der Waals surface area contributed by atoms with E-state index in [4.69, 9.17) is 12.2 Å². The van der Waals surface area contributed by atoms with Crippen LogP contribution in [0.3, 0.4) is 0 Å². The molecule has 0 aliphatic heterocycles. The lowest BCUT2D eigenvalue weighted by Crippen LogP contribution is -2.43. The molecule has 0 saturated carbocycles. The minimum atomic E-state index is -0.295. The molecule has 0 aliphatic carbocycles. The summed E-state index contributed by atoms with van der Waals surface area (Å²) < 4.78 is 0. The number of hydrogen-bond donors (Lipinski definition) is 3. The van der Waals surface area contributed by atoms with Gasteiger partial charge in [-0.2, -0.15) is 0 Å². The number of ketones is 1. The normalized spacial score (nSPS) is 10.5. The fourth-order valence-electron chi connectivity index (χ4n) is 2.59. The molecule has 2 aromatic rings. The first-order valence-corrected chi connectivity index (χ1v) is 9.73. The van der Waals surface area contributed by atoms with Crippen LogP contribution >= 0.6 is 12.2 Å². The first-order valence-electron chi connectivity index (χ1n) is 9.32. The van der Waals surface area contributed by atoms with Gasteiger partial charge in [0.25, 0.3) is 0 Å². The zero-order chi connectivity index (χ0) is 20.7. The molecule has 0 atom stereocenters. The smallest absolute Gasteiger partial charge is 0.238 e. The average Bonchev–Trinajstić information content (AvgIpc) is 2.67. The number of amides is 1. The first-order chi connectivity index (χ1) is 13.3. The van der Waals surface area contributed by atoms with Gasteiger partial charge < -0.3 is 5.32 Å². The Labute approximate surface area is 171 Å². The van der Waals surface area contributed by atoms with Gasteiger partial charge in [-0.15, -0.1) is 0 Å². The van der Waals surface area contributed by atoms with E-state index in [1.807, 2.05) is 50.2 Å². The van der Waals surface area contributed by atoms with E-state index in [9.17, 15) is 9.59 Å². The molecule has 0 unspecified atom stereocenters. The SMILES string of the molecule is Cc1ccc(C(=O)CCC(=O)NNC(=S)Nc2ccc(C(C)C)cc2)cc1C. The summed E-state index contributed by atoms with van der Waals surface area (Å²) >= 11 is 5.17. The highest BCUT2D eigenvalue weighted by Crippen LogP contribution is 2.17. The van der Waals surface area contributed by atoms with Crippen molar-refractivity contribution in [1.82, 2.24) is 10.9 Å². The molecular formula is C22H27N3O2S. The topological polar surface area (TPSA) is 70.2 Å². The standard InChI is InChI=1S/C22H27N3O2S/c1-14(2)17-7-9-19(10-8-17)23-22(28)25-24-21(27)12-11-20(26)18-6-5-15(3)16(4)13-18/h5-10,13-14H,11-12H2,1-4H3,(H,24,27)(H2,23,25,28). The summed E-state index contributed by atoms with van der Waals surface area (Å²) in [5.74, 6) is 0.116. The van der Waals surface area contributed by atoms with E-state index in [1.54, 1.807) is 6.07 Å². The number of thiocarbonyl (C=S) groups is 1. The summed E-state index contributed by atoms with van der Waals surface area (Å²) in [5, 5.41) is 3.29. The highest BCUT2D eigenvalue weighted by molar-refractivity contribution is 7.80. The highest BCUT2D eigenvalue weighted by atomic mass is 32.1. The van der Waals surface area contributed by atoms with Crippen molar-refractivity contribution in [2.45, 2.75) is 46.5 Å². The number of benzene rings is 2. The van der Waals surface area contributed by atoms with Crippen LogP contribution in [0.4, 0.5) is 5.69 Å². The van der Waals surface area contributed by atoms with E-state index in [2.05, 4.69) is 30.0 Å². The van der Waals surface area contributed by atoms with Crippen molar-refractivity contribution in [3.63, 3.8) is 0 Å². The number of rotatable bonds is 6. The predicted octanol–water partition coefficient (Wildman–Crippen LogP) is 4.41. The second-order valence-electron chi connectivity index (χ2n) is 7.13. The summed E-state index contributed by atoms with van der Waals surface area (Å²) in [5.41, 5.74) is 10.1. The van der Waals surface area contributed by atoms with Gasteiger partial charge in [-0.05, 0) is 66.9 Å². The van der Waals surface area contributed by atoms with Gasteiger partial charge >= 0.3 is 0 Å². The number of hydrazine groups is 1. The molecule has 0 radical (unpaired) electrons. The molecule has 28 heavy (non-hydrogen) atoms. The van der Waals surface area contributed by atoms with Gasteiger partial charge in [0, 0.05) is 24.1 Å². The second kappa shape index (κ2) is 9.99. The molecule has 0 heterocycles. The first kappa shape index (κ1) is 21.6. The number of nitrogens with one attached hydrogen (secondary N) is 3. The van der Waals surface area contributed by atoms with Crippen LogP contribution in [0.2, 0.25) is 0 Å². The third kappa shape index (κ3) is 6.46. The van der Waals surface area contributed by atoms with Crippen molar-refractivity contribution in [2.75, 3.05) is 5.32 Å². The van der Waals surface area contributed by atoms with Gasteiger partial charge in [0.05, 0.1) is 0 Å². The Morgan fingerprint density at radius 2 is 1.61 bits per heavy atom. The maximum atomic E-state index is 12.2. The van der Waals surface area contributed by atoms with Gasteiger partial charge in [-0.25, -0.2) is 0 Å². The number of anilines is 1. The molecule has 3 N–H and O–H groups in total. The Kier molecular flexibility index (Phi) is 7.70. The fraction of sp³-hybridized carbons (Fsp3) is 0.318. The Morgan fingerprint density at radius 1 is 0.929 bits per heavy atom. The van der Waals surface area contributed by atoms with Crippen molar-refractivity contribution in [1.29, 1.82) is 0 Å². The zero-order valence-corrected chi connectivity index (χ0v) is 17.6. The third-order valence-electron chi connectivity index (χ3n) is 4.56. The van der Waals surface area contributed by atoms with E-state index >= 15 is 0 Å². The molecule has 0 spiro atoms. The summed E-state index contributed by atoms with van der Waals surface area (Å²) in [6.07, 6.45) is 0.233. The van der Waals surface area contributed by atoms with Crippen LogP contribution in [0.5, 0.6) is 0 Å². The average molecular weight is 398 g/mol. The van der Waals surface area contributed by atoms with Crippen molar-refractivity contribution >= 4 is 34.7 Å². The molecular weight excluding hydrogens is 370 g/mol. The minimum absolute atomic E-state index is 0.0517. The number of carbonyl (C=O) groups excluding carboxylic acids is 2. The lowest BCUT2D eigenvalue weighted by atomic mass is 10.0. The quantitative estimate of drug-likeness (QED) is 0.383. The fourth-order valence-corrected chi connectivity index (χ4v) is 2.76. The number of carbonyl (C=O) groups is 2. The van der Waals surface area contributed by atoms with E-state index in [-0.39, 0.29) is 29.6 Å². The van der Waals surface area contributed by atoms with E-state index in [0.717, 1.165) is 16.8 Å². The third-order valence-corrected chi connectivity index (χ3v) is 4.76. The maximum Gasteiger partial charge on any atom is 0.238 e. The largest absolute Gasteiger partial charge is 0.331 e. The van der Waals surface area contributed by atoms with Gasteiger partial charge in [-0.3, -0.25) is 20.4 Å². The monoisotopic (exact) mass is 397 g/mol. The van der Waals surface area contributed by atoms with Crippen molar-refractivity contribution in [2.24, 2.45) is 0 Å². The van der Waals surface area contributed by atoms with Crippen LogP contribution < -0.4 is 16.2 Å². The molecule has 5 nitrogen and oxygen atoms in total. The molecule has 2 rings (SSSR count). The maximum absolute atomic E-state index is 12.2. The highest BCUT2D eigenvalue weighted by Gasteiger charge is 2.10. The van der Waals surface area contributed by atoms with Crippen molar-refractivity contribution in [3.05, 3.63) is 64.7 Å².